The van der Waals surface area contributed by atoms with Crippen LogP contribution in [0.1, 0.15) is 36.5 Å². The van der Waals surface area contributed by atoms with E-state index in [1.54, 1.807) is 30.3 Å². The molecule has 0 aliphatic heterocycles. The van der Waals surface area contributed by atoms with Crippen LogP contribution in [0.4, 0.5) is 0 Å². The Balaban J connectivity index is 2.61. The predicted molar refractivity (Wildman–Crippen MR) is 63.1 cm³/mol. The van der Waals surface area contributed by atoms with Gasteiger partial charge in [0, 0.05) is 12.0 Å². The monoisotopic (exact) mass is 214 g/mol. The van der Waals surface area contributed by atoms with E-state index in [1.807, 2.05) is 0 Å². The Morgan fingerprint density at radius 3 is 2.50 bits per heavy atom. The fraction of sp³-hybridized carbons (Fsp3) is 0.286. The molecule has 2 heteroatoms. The molecule has 0 unspecified atom stereocenters. The molecule has 0 spiro atoms. The van der Waals surface area contributed by atoms with Crippen LogP contribution in [0.25, 0.3) is 0 Å². The zero-order valence-electron chi connectivity index (χ0n) is 9.32. The largest absolute Gasteiger partial charge is 0.284 e. The molecule has 0 radical (unpaired) electrons. The van der Waals surface area contributed by atoms with Crippen LogP contribution in [0, 0.1) is 11.8 Å². The second-order valence-corrected chi connectivity index (χ2v) is 3.43. The summed E-state index contributed by atoms with van der Waals surface area (Å²) in [5.74, 6) is 3.95. The maximum atomic E-state index is 11.6. The van der Waals surface area contributed by atoms with E-state index in [2.05, 4.69) is 18.8 Å². The Morgan fingerprint density at radius 1 is 1.19 bits per heavy atom. The molecule has 0 heterocycles. The number of carbonyl (C=O) groups excluding carboxylic acids is 2. The third-order valence-corrected chi connectivity index (χ3v) is 2.10. The first kappa shape index (κ1) is 12.2. The van der Waals surface area contributed by atoms with Gasteiger partial charge in [0.2, 0.25) is 5.78 Å². The lowest BCUT2D eigenvalue weighted by atomic mass is 10.1. The second kappa shape index (κ2) is 6.58. The Kier molecular flexibility index (Phi) is 5.01. The summed E-state index contributed by atoms with van der Waals surface area (Å²) in [7, 11) is 0. The van der Waals surface area contributed by atoms with Gasteiger partial charge in [-0.25, -0.2) is 0 Å². The highest BCUT2D eigenvalue weighted by Crippen LogP contribution is 2.00. The van der Waals surface area contributed by atoms with Gasteiger partial charge in [0.1, 0.15) is 0 Å². The minimum Gasteiger partial charge on any atom is -0.284 e. The number of benzene rings is 1. The van der Waals surface area contributed by atoms with E-state index >= 15 is 0 Å². The van der Waals surface area contributed by atoms with Gasteiger partial charge in [-0.1, -0.05) is 49.6 Å². The summed E-state index contributed by atoms with van der Waals surface area (Å²) in [6, 6.07) is 8.49. The fourth-order valence-electron chi connectivity index (χ4n) is 1.19. The summed E-state index contributed by atoms with van der Waals surface area (Å²) >= 11 is 0. The van der Waals surface area contributed by atoms with Crippen molar-refractivity contribution in [1.29, 1.82) is 0 Å². The Labute approximate surface area is 95.7 Å². The molecule has 0 saturated carbocycles. The Morgan fingerprint density at radius 2 is 1.88 bits per heavy atom. The van der Waals surface area contributed by atoms with Crippen LogP contribution in [-0.4, -0.2) is 11.6 Å². The third kappa shape index (κ3) is 3.70. The highest BCUT2D eigenvalue weighted by atomic mass is 16.2. The van der Waals surface area contributed by atoms with Gasteiger partial charge in [-0.2, -0.15) is 0 Å². The Bertz CT molecular complexity index is 421. The second-order valence-electron chi connectivity index (χ2n) is 3.43. The summed E-state index contributed by atoms with van der Waals surface area (Å²) in [5, 5.41) is 0. The molecule has 0 atom stereocenters. The zero-order chi connectivity index (χ0) is 11.8. The maximum Gasteiger partial charge on any atom is 0.276 e. The molecule has 1 aromatic rings. The van der Waals surface area contributed by atoms with Crippen molar-refractivity contribution in [3.63, 3.8) is 0 Å². The highest BCUT2D eigenvalue weighted by molar-refractivity contribution is 6.49. The van der Waals surface area contributed by atoms with Crippen LogP contribution in [0.15, 0.2) is 30.3 Å². The van der Waals surface area contributed by atoms with Gasteiger partial charge in [-0.15, -0.1) is 0 Å². The lowest BCUT2D eigenvalue weighted by Crippen LogP contribution is -2.11. The van der Waals surface area contributed by atoms with Crippen molar-refractivity contribution in [3.05, 3.63) is 35.9 Å². The van der Waals surface area contributed by atoms with Crippen LogP contribution in [0.3, 0.4) is 0 Å². The van der Waals surface area contributed by atoms with Gasteiger partial charge in [-0.3, -0.25) is 9.59 Å². The molecule has 0 fully saturated rings. The van der Waals surface area contributed by atoms with Crippen molar-refractivity contribution in [1.82, 2.24) is 0 Å². The first-order valence-corrected chi connectivity index (χ1v) is 5.38. The summed E-state index contributed by atoms with van der Waals surface area (Å²) in [4.78, 5) is 22.9. The molecule has 16 heavy (non-hydrogen) atoms. The van der Waals surface area contributed by atoms with Crippen molar-refractivity contribution in [3.8, 4) is 11.8 Å². The van der Waals surface area contributed by atoms with E-state index < -0.39 is 11.6 Å². The number of Topliss-reactive ketones (excluding diaryl/α,β-unsaturated/α-hetero) is 2. The summed E-state index contributed by atoms with van der Waals surface area (Å²) in [5.41, 5.74) is 0.400. The quantitative estimate of drug-likeness (QED) is 0.254. The van der Waals surface area contributed by atoms with Gasteiger partial charge in [0.25, 0.3) is 5.78 Å². The molecule has 82 valence electrons. The lowest BCUT2D eigenvalue weighted by molar-refractivity contribution is -0.110. The minimum absolute atomic E-state index is 0.400. The molecular formula is C14H14O2. The molecule has 0 N–H and O–H groups in total. The van der Waals surface area contributed by atoms with E-state index in [0.29, 0.717) is 12.0 Å². The SMILES string of the molecule is CCCCC#CC(=O)C(=O)c1ccccc1. The van der Waals surface area contributed by atoms with E-state index in [0.717, 1.165) is 12.8 Å². The first-order valence-electron chi connectivity index (χ1n) is 5.38. The number of hydrogen-bond donors (Lipinski definition) is 0. The van der Waals surface area contributed by atoms with Crippen molar-refractivity contribution in [2.45, 2.75) is 26.2 Å². The number of rotatable bonds is 4. The molecule has 1 rings (SSSR count). The van der Waals surface area contributed by atoms with Crippen molar-refractivity contribution in [2.75, 3.05) is 0 Å². The van der Waals surface area contributed by atoms with Crippen molar-refractivity contribution < 1.29 is 9.59 Å². The average Bonchev–Trinajstić information content (AvgIpc) is 2.34. The van der Waals surface area contributed by atoms with Gasteiger partial charge in [0.05, 0.1) is 0 Å². The van der Waals surface area contributed by atoms with Crippen LogP contribution < -0.4 is 0 Å². The third-order valence-electron chi connectivity index (χ3n) is 2.10. The van der Waals surface area contributed by atoms with Gasteiger partial charge in [-0.05, 0) is 12.3 Å². The number of hydrogen-bond acceptors (Lipinski definition) is 2. The normalized spacial score (nSPS) is 9.06. The number of ketones is 2. The predicted octanol–water partition coefficient (Wildman–Crippen LogP) is 2.63. The minimum atomic E-state index is -0.623. The lowest BCUT2D eigenvalue weighted by Gasteiger charge is -1.93. The summed E-state index contributed by atoms with van der Waals surface area (Å²) < 4.78 is 0. The first-order chi connectivity index (χ1) is 7.75. The molecule has 1 aromatic carbocycles. The number of carbonyl (C=O) groups is 2. The molecule has 0 aliphatic carbocycles. The molecule has 0 aromatic heterocycles. The average molecular weight is 214 g/mol. The molecular weight excluding hydrogens is 200 g/mol. The van der Waals surface area contributed by atoms with Crippen molar-refractivity contribution >= 4 is 11.6 Å². The van der Waals surface area contributed by atoms with Crippen LogP contribution in [0.2, 0.25) is 0 Å². The molecule has 0 bridgehead atoms. The fourth-order valence-corrected chi connectivity index (χ4v) is 1.19. The van der Waals surface area contributed by atoms with Gasteiger partial charge < -0.3 is 0 Å². The molecule has 2 nitrogen and oxygen atoms in total. The standard InChI is InChI=1S/C14H14O2/c1-2-3-4-8-11-13(15)14(16)12-9-6-5-7-10-12/h5-7,9-10H,2-4H2,1H3. The molecule has 0 saturated heterocycles. The van der Waals surface area contributed by atoms with Crippen LogP contribution >= 0.6 is 0 Å². The van der Waals surface area contributed by atoms with E-state index in [1.165, 1.54) is 0 Å². The summed E-state index contributed by atoms with van der Waals surface area (Å²) in [6.07, 6.45) is 2.67. The molecule has 0 aliphatic rings. The number of unbranched alkanes of at least 4 members (excludes halogenated alkanes) is 2. The van der Waals surface area contributed by atoms with E-state index in [-0.39, 0.29) is 0 Å². The van der Waals surface area contributed by atoms with E-state index in [4.69, 9.17) is 0 Å². The van der Waals surface area contributed by atoms with Gasteiger partial charge >= 0.3 is 0 Å². The zero-order valence-corrected chi connectivity index (χ0v) is 9.32. The van der Waals surface area contributed by atoms with Crippen LogP contribution in [0.5, 0.6) is 0 Å². The summed E-state index contributed by atoms with van der Waals surface area (Å²) in [6.45, 7) is 2.05. The maximum absolute atomic E-state index is 11.6. The Hall–Kier alpha value is -1.88. The van der Waals surface area contributed by atoms with Gasteiger partial charge in [0.15, 0.2) is 0 Å². The topological polar surface area (TPSA) is 34.1 Å². The van der Waals surface area contributed by atoms with Crippen LogP contribution in [-0.2, 0) is 4.79 Å². The van der Waals surface area contributed by atoms with Crippen molar-refractivity contribution in [2.24, 2.45) is 0 Å². The highest BCUT2D eigenvalue weighted by Gasteiger charge is 2.12. The van der Waals surface area contributed by atoms with E-state index in [9.17, 15) is 9.59 Å². The smallest absolute Gasteiger partial charge is 0.276 e. The molecule has 0 amide bonds.